The zero-order valence-corrected chi connectivity index (χ0v) is 8.52. The topological polar surface area (TPSA) is 44.8 Å². The highest BCUT2D eigenvalue weighted by molar-refractivity contribution is 5.81. The molecular formula is C10H14O4. The lowest BCUT2D eigenvalue weighted by molar-refractivity contribution is -0.250. The van der Waals surface area contributed by atoms with Crippen LogP contribution in [0, 0.1) is 11.8 Å². The zero-order valence-electron chi connectivity index (χ0n) is 8.52. The van der Waals surface area contributed by atoms with E-state index >= 15 is 0 Å². The summed E-state index contributed by atoms with van der Waals surface area (Å²) in [5.41, 5.74) is -0.797. The number of ether oxygens (including phenoxy) is 3. The van der Waals surface area contributed by atoms with E-state index < -0.39 is 11.9 Å². The SMILES string of the molecule is CC1C2OC3(C)C(=O)OC2OC1C3C. The number of hydrogen-bond acceptors (Lipinski definition) is 4. The van der Waals surface area contributed by atoms with Crippen molar-refractivity contribution in [2.75, 3.05) is 0 Å². The van der Waals surface area contributed by atoms with Gasteiger partial charge in [-0.25, -0.2) is 4.79 Å². The van der Waals surface area contributed by atoms with E-state index in [1.54, 1.807) is 6.92 Å². The molecule has 4 heteroatoms. The second-order valence-corrected chi connectivity index (χ2v) is 4.71. The number of carbonyl (C=O) groups excluding carboxylic acids is 1. The second-order valence-electron chi connectivity index (χ2n) is 4.71. The summed E-state index contributed by atoms with van der Waals surface area (Å²) < 4.78 is 16.7. The molecule has 0 aromatic heterocycles. The largest absolute Gasteiger partial charge is 0.431 e. The van der Waals surface area contributed by atoms with Gasteiger partial charge in [-0.05, 0) is 6.92 Å². The Bertz CT molecular complexity index is 302. The summed E-state index contributed by atoms with van der Waals surface area (Å²) >= 11 is 0. The third-order valence-corrected chi connectivity index (χ3v) is 3.97. The molecule has 6 unspecified atom stereocenters. The first-order valence-corrected chi connectivity index (χ1v) is 5.08. The Morgan fingerprint density at radius 2 is 2.00 bits per heavy atom. The van der Waals surface area contributed by atoms with E-state index in [1.165, 1.54) is 0 Å². The van der Waals surface area contributed by atoms with Crippen LogP contribution in [-0.2, 0) is 19.0 Å². The van der Waals surface area contributed by atoms with Crippen LogP contribution in [0.4, 0.5) is 0 Å². The Balaban J connectivity index is 2.08. The molecule has 0 saturated carbocycles. The van der Waals surface area contributed by atoms with Gasteiger partial charge in [0.1, 0.15) is 6.10 Å². The first-order chi connectivity index (χ1) is 6.54. The van der Waals surface area contributed by atoms with Gasteiger partial charge < -0.3 is 14.2 Å². The molecule has 78 valence electrons. The summed E-state index contributed by atoms with van der Waals surface area (Å²) in [5.74, 6) is 0.102. The third kappa shape index (κ3) is 0.754. The Kier molecular flexibility index (Phi) is 1.43. The summed E-state index contributed by atoms with van der Waals surface area (Å²) in [6, 6.07) is 0. The van der Waals surface area contributed by atoms with Gasteiger partial charge >= 0.3 is 5.97 Å². The normalized spacial score (nSPS) is 60.2. The minimum atomic E-state index is -0.797. The van der Waals surface area contributed by atoms with E-state index in [1.807, 2.05) is 6.92 Å². The maximum absolute atomic E-state index is 11.7. The van der Waals surface area contributed by atoms with Crippen molar-refractivity contribution in [2.24, 2.45) is 11.8 Å². The van der Waals surface area contributed by atoms with Crippen molar-refractivity contribution in [3.05, 3.63) is 0 Å². The number of rotatable bonds is 0. The van der Waals surface area contributed by atoms with E-state index in [9.17, 15) is 4.79 Å². The second kappa shape index (κ2) is 2.31. The minimum Gasteiger partial charge on any atom is -0.431 e. The Labute approximate surface area is 82.5 Å². The average molecular weight is 198 g/mol. The van der Waals surface area contributed by atoms with Gasteiger partial charge in [0.2, 0.25) is 6.29 Å². The molecule has 3 aliphatic heterocycles. The lowest BCUT2D eigenvalue weighted by Gasteiger charge is -2.45. The van der Waals surface area contributed by atoms with Crippen molar-refractivity contribution in [2.45, 2.75) is 44.9 Å². The van der Waals surface area contributed by atoms with Crippen LogP contribution in [-0.4, -0.2) is 30.1 Å². The van der Waals surface area contributed by atoms with Gasteiger partial charge in [-0.15, -0.1) is 0 Å². The molecular weight excluding hydrogens is 184 g/mol. The van der Waals surface area contributed by atoms with Gasteiger partial charge in [-0.3, -0.25) is 0 Å². The number of carbonyl (C=O) groups is 1. The van der Waals surface area contributed by atoms with Crippen LogP contribution in [0.2, 0.25) is 0 Å². The Morgan fingerprint density at radius 1 is 1.29 bits per heavy atom. The molecule has 6 atom stereocenters. The van der Waals surface area contributed by atoms with E-state index in [0.717, 1.165) is 0 Å². The van der Waals surface area contributed by atoms with E-state index in [-0.39, 0.29) is 24.1 Å². The fourth-order valence-electron chi connectivity index (χ4n) is 2.78. The van der Waals surface area contributed by atoms with Crippen LogP contribution in [0.3, 0.4) is 0 Å². The van der Waals surface area contributed by atoms with Crippen LogP contribution in [0.15, 0.2) is 0 Å². The number of esters is 1. The molecule has 0 aliphatic carbocycles. The van der Waals surface area contributed by atoms with Crippen molar-refractivity contribution >= 4 is 5.97 Å². The molecule has 14 heavy (non-hydrogen) atoms. The summed E-state index contributed by atoms with van der Waals surface area (Å²) in [6.45, 7) is 5.88. The molecule has 3 aliphatic rings. The predicted octanol–water partition coefficient (Wildman–Crippen LogP) is 0.698. The molecule has 0 radical (unpaired) electrons. The number of hydrogen-bond donors (Lipinski definition) is 0. The van der Waals surface area contributed by atoms with Gasteiger partial charge in [0.05, 0.1) is 6.10 Å². The lowest BCUT2D eigenvalue weighted by atomic mass is 9.76. The maximum Gasteiger partial charge on any atom is 0.340 e. The van der Waals surface area contributed by atoms with Crippen LogP contribution in [0.1, 0.15) is 20.8 Å². The van der Waals surface area contributed by atoms with Crippen molar-refractivity contribution < 1.29 is 19.0 Å². The van der Waals surface area contributed by atoms with Gasteiger partial charge in [0.15, 0.2) is 5.60 Å². The van der Waals surface area contributed by atoms with Crippen molar-refractivity contribution in [1.82, 2.24) is 0 Å². The molecule has 0 aromatic carbocycles. The van der Waals surface area contributed by atoms with Gasteiger partial charge in [0.25, 0.3) is 0 Å². The van der Waals surface area contributed by atoms with Gasteiger partial charge in [-0.1, -0.05) is 13.8 Å². The summed E-state index contributed by atoms with van der Waals surface area (Å²) in [6.07, 6.45) is -0.449. The zero-order chi connectivity index (χ0) is 10.1. The van der Waals surface area contributed by atoms with Crippen LogP contribution >= 0.6 is 0 Å². The van der Waals surface area contributed by atoms with E-state index in [0.29, 0.717) is 5.92 Å². The van der Waals surface area contributed by atoms with Gasteiger partial charge in [0, 0.05) is 11.8 Å². The summed E-state index contributed by atoms with van der Waals surface area (Å²) in [7, 11) is 0. The number of fused-ring (bicyclic) bond motifs is 2. The first-order valence-electron chi connectivity index (χ1n) is 5.08. The Hall–Kier alpha value is -0.610. The van der Waals surface area contributed by atoms with Crippen molar-refractivity contribution in [1.29, 1.82) is 0 Å². The quantitative estimate of drug-likeness (QED) is 0.537. The highest BCUT2D eigenvalue weighted by Gasteiger charge is 2.65. The predicted molar refractivity (Wildman–Crippen MR) is 46.4 cm³/mol. The summed E-state index contributed by atoms with van der Waals surface area (Å²) in [5, 5.41) is 0. The summed E-state index contributed by atoms with van der Waals surface area (Å²) in [4.78, 5) is 11.7. The molecule has 0 amide bonds. The van der Waals surface area contributed by atoms with E-state index in [4.69, 9.17) is 14.2 Å². The van der Waals surface area contributed by atoms with Crippen LogP contribution < -0.4 is 0 Å². The highest BCUT2D eigenvalue weighted by Crippen LogP contribution is 2.50. The lowest BCUT2D eigenvalue weighted by Crippen LogP contribution is -2.60. The third-order valence-electron chi connectivity index (χ3n) is 3.97. The average Bonchev–Trinajstić information content (AvgIpc) is 2.33. The molecule has 3 bridgehead atoms. The molecule has 3 saturated heterocycles. The molecule has 0 N–H and O–H groups in total. The monoisotopic (exact) mass is 198 g/mol. The minimum absolute atomic E-state index is 0.0637. The van der Waals surface area contributed by atoms with Gasteiger partial charge in [-0.2, -0.15) is 0 Å². The molecule has 3 rings (SSSR count). The molecule has 0 spiro atoms. The first kappa shape index (κ1) is 8.68. The van der Waals surface area contributed by atoms with Crippen molar-refractivity contribution in [3.63, 3.8) is 0 Å². The van der Waals surface area contributed by atoms with Crippen LogP contribution in [0.25, 0.3) is 0 Å². The fraction of sp³-hybridized carbons (Fsp3) is 0.900. The maximum atomic E-state index is 11.7. The fourth-order valence-corrected chi connectivity index (χ4v) is 2.78. The smallest absolute Gasteiger partial charge is 0.340 e. The highest BCUT2D eigenvalue weighted by atomic mass is 16.8. The molecule has 0 aromatic rings. The Morgan fingerprint density at radius 3 is 2.71 bits per heavy atom. The molecule has 4 nitrogen and oxygen atoms in total. The molecule has 3 fully saturated rings. The molecule has 3 heterocycles. The standard InChI is InChI=1S/C10H14O4/c1-4-6-5(2)10(3)9(11)13-8(12-6)7(4)14-10/h4-8H,1-3H3. The van der Waals surface area contributed by atoms with E-state index in [2.05, 4.69) is 6.92 Å². The van der Waals surface area contributed by atoms with Crippen LogP contribution in [0.5, 0.6) is 0 Å². The van der Waals surface area contributed by atoms with Crippen molar-refractivity contribution in [3.8, 4) is 0 Å².